The summed E-state index contributed by atoms with van der Waals surface area (Å²) >= 11 is 3.41. The molecule has 0 atom stereocenters. The molecule has 7 heteroatoms. The van der Waals surface area contributed by atoms with Crippen LogP contribution in [-0.4, -0.2) is 49.7 Å². The molecule has 0 aliphatic heterocycles. The van der Waals surface area contributed by atoms with Gasteiger partial charge in [-0.25, -0.2) is 8.42 Å². The van der Waals surface area contributed by atoms with Crippen LogP contribution in [-0.2, 0) is 10.0 Å². The molecule has 2 rings (SSSR count). The van der Waals surface area contributed by atoms with Crippen LogP contribution in [0.25, 0.3) is 0 Å². The van der Waals surface area contributed by atoms with E-state index in [2.05, 4.69) is 22.9 Å². The molecular formula is C19H29BrN2O3S. The highest BCUT2D eigenvalue weighted by atomic mass is 79.9. The molecule has 0 unspecified atom stereocenters. The Morgan fingerprint density at radius 2 is 1.73 bits per heavy atom. The van der Waals surface area contributed by atoms with E-state index in [-0.39, 0.29) is 16.8 Å². The molecule has 1 fully saturated rings. The number of carbonyl (C=O) groups excluding carboxylic acids is 1. The van der Waals surface area contributed by atoms with Gasteiger partial charge in [-0.05, 0) is 65.7 Å². The summed E-state index contributed by atoms with van der Waals surface area (Å²) in [6.07, 6.45) is 4.25. The minimum absolute atomic E-state index is 0.131. The van der Waals surface area contributed by atoms with Crippen molar-refractivity contribution in [1.29, 1.82) is 0 Å². The SMILES string of the molecule is CCN(CC)S(=O)(=O)c1ccc(Br)c(C(=O)N(C)C2CCC(C)CC2)c1. The van der Waals surface area contributed by atoms with Gasteiger partial charge < -0.3 is 4.90 Å². The van der Waals surface area contributed by atoms with E-state index in [9.17, 15) is 13.2 Å². The maximum atomic E-state index is 13.0. The van der Waals surface area contributed by atoms with Crippen LogP contribution in [0.2, 0.25) is 0 Å². The summed E-state index contributed by atoms with van der Waals surface area (Å²) in [6.45, 7) is 6.67. The number of benzene rings is 1. The quantitative estimate of drug-likeness (QED) is 0.662. The normalized spacial score (nSPS) is 21.0. The van der Waals surface area contributed by atoms with E-state index in [0.717, 1.165) is 25.7 Å². The lowest BCUT2D eigenvalue weighted by molar-refractivity contribution is 0.0678. The van der Waals surface area contributed by atoms with E-state index in [1.807, 2.05) is 20.9 Å². The molecule has 5 nitrogen and oxygen atoms in total. The predicted octanol–water partition coefficient (Wildman–Crippen LogP) is 4.13. The van der Waals surface area contributed by atoms with Gasteiger partial charge >= 0.3 is 0 Å². The van der Waals surface area contributed by atoms with Gasteiger partial charge in [0.25, 0.3) is 5.91 Å². The fraction of sp³-hybridized carbons (Fsp3) is 0.632. The van der Waals surface area contributed by atoms with Crippen LogP contribution in [0.3, 0.4) is 0 Å². The number of rotatable bonds is 6. The third-order valence-electron chi connectivity index (χ3n) is 5.36. The molecule has 0 bridgehead atoms. The zero-order chi connectivity index (χ0) is 19.5. The monoisotopic (exact) mass is 444 g/mol. The van der Waals surface area contributed by atoms with Gasteiger partial charge in [-0.1, -0.05) is 20.8 Å². The Bertz CT molecular complexity index is 739. The second-order valence-corrected chi connectivity index (χ2v) is 9.85. The molecule has 0 N–H and O–H groups in total. The molecule has 26 heavy (non-hydrogen) atoms. The highest BCUT2D eigenvalue weighted by Crippen LogP contribution is 2.29. The van der Waals surface area contributed by atoms with Crippen molar-refractivity contribution in [3.8, 4) is 0 Å². The first kappa shape index (κ1) is 21.4. The van der Waals surface area contributed by atoms with Crippen molar-refractivity contribution in [1.82, 2.24) is 9.21 Å². The highest BCUT2D eigenvalue weighted by molar-refractivity contribution is 9.10. The van der Waals surface area contributed by atoms with Crippen LogP contribution >= 0.6 is 15.9 Å². The molecule has 1 aliphatic rings. The van der Waals surface area contributed by atoms with Gasteiger partial charge in [0, 0.05) is 30.7 Å². The first-order chi connectivity index (χ1) is 12.2. The van der Waals surface area contributed by atoms with Gasteiger partial charge in [-0.3, -0.25) is 4.79 Å². The van der Waals surface area contributed by atoms with Gasteiger partial charge in [0.05, 0.1) is 10.5 Å². The summed E-state index contributed by atoms with van der Waals surface area (Å²) in [5.41, 5.74) is 0.402. The molecule has 0 spiro atoms. The molecule has 1 aromatic rings. The number of sulfonamides is 1. The second-order valence-electron chi connectivity index (χ2n) is 7.06. The van der Waals surface area contributed by atoms with Crippen LogP contribution in [0.1, 0.15) is 56.8 Å². The Labute approximate surface area is 165 Å². The molecular weight excluding hydrogens is 416 g/mol. The van der Waals surface area contributed by atoms with E-state index in [1.165, 1.54) is 10.4 Å². The minimum Gasteiger partial charge on any atom is -0.339 e. The van der Waals surface area contributed by atoms with Crippen molar-refractivity contribution < 1.29 is 13.2 Å². The maximum absolute atomic E-state index is 13.0. The van der Waals surface area contributed by atoms with Gasteiger partial charge in [0.2, 0.25) is 10.0 Å². The van der Waals surface area contributed by atoms with E-state index >= 15 is 0 Å². The lowest BCUT2D eigenvalue weighted by Crippen LogP contribution is -2.39. The highest BCUT2D eigenvalue weighted by Gasteiger charge is 2.28. The predicted molar refractivity (Wildman–Crippen MR) is 108 cm³/mol. The number of amides is 1. The fourth-order valence-electron chi connectivity index (χ4n) is 3.53. The largest absolute Gasteiger partial charge is 0.339 e. The zero-order valence-corrected chi connectivity index (χ0v) is 18.4. The van der Waals surface area contributed by atoms with Crippen molar-refractivity contribution >= 4 is 31.9 Å². The van der Waals surface area contributed by atoms with Crippen LogP contribution < -0.4 is 0 Å². The molecule has 1 saturated carbocycles. The maximum Gasteiger partial charge on any atom is 0.255 e. The molecule has 1 aliphatic carbocycles. The van der Waals surface area contributed by atoms with Crippen LogP contribution in [0.4, 0.5) is 0 Å². The van der Waals surface area contributed by atoms with Crippen molar-refractivity contribution in [2.24, 2.45) is 5.92 Å². The summed E-state index contributed by atoms with van der Waals surface area (Å²) < 4.78 is 27.6. The average Bonchev–Trinajstić information content (AvgIpc) is 2.62. The minimum atomic E-state index is -3.59. The smallest absolute Gasteiger partial charge is 0.255 e. The molecule has 1 aromatic carbocycles. The van der Waals surface area contributed by atoms with Crippen LogP contribution in [0.15, 0.2) is 27.6 Å². The molecule has 0 heterocycles. The average molecular weight is 445 g/mol. The summed E-state index contributed by atoms with van der Waals surface area (Å²) in [5.74, 6) is 0.581. The number of nitrogens with zero attached hydrogens (tertiary/aromatic N) is 2. The number of hydrogen-bond acceptors (Lipinski definition) is 3. The van der Waals surface area contributed by atoms with Gasteiger partial charge in [0.15, 0.2) is 0 Å². The number of carbonyl (C=O) groups is 1. The van der Waals surface area contributed by atoms with Gasteiger partial charge in [-0.15, -0.1) is 0 Å². The van der Waals surface area contributed by atoms with E-state index in [4.69, 9.17) is 0 Å². The Hall–Kier alpha value is -0.920. The first-order valence-electron chi connectivity index (χ1n) is 9.29. The summed E-state index contributed by atoms with van der Waals surface area (Å²) in [5, 5.41) is 0. The van der Waals surface area contributed by atoms with Crippen molar-refractivity contribution in [2.75, 3.05) is 20.1 Å². The number of hydrogen-bond donors (Lipinski definition) is 0. The fourth-order valence-corrected chi connectivity index (χ4v) is 5.43. The van der Waals surface area contributed by atoms with Crippen molar-refractivity contribution in [3.05, 3.63) is 28.2 Å². The first-order valence-corrected chi connectivity index (χ1v) is 11.5. The summed E-state index contributed by atoms with van der Waals surface area (Å²) in [4.78, 5) is 15.0. The lowest BCUT2D eigenvalue weighted by atomic mass is 9.86. The third kappa shape index (κ3) is 4.49. The Balaban J connectivity index is 2.30. The third-order valence-corrected chi connectivity index (χ3v) is 8.10. The van der Waals surface area contributed by atoms with Crippen LogP contribution in [0, 0.1) is 5.92 Å². The molecule has 0 radical (unpaired) electrons. The molecule has 0 saturated heterocycles. The second kappa shape index (κ2) is 8.85. The van der Waals surface area contributed by atoms with E-state index in [1.54, 1.807) is 17.0 Å². The molecule has 0 aromatic heterocycles. The standard InChI is InChI=1S/C19H29BrN2O3S/c1-5-22(6-2)26(24,25)16-11-12-18(20)17(13-16)19(23)21(4)15-9-7-14(3)8-10-15/h11-15H,5-10H2,1-4H3. The topological polar surface area (TPSA) is 57.7 Å². The van der Waals surface area contributed by atoms with E-state index in [0.29, 0.717) is 29.0 Å². The Morgan fingerprint density at radius 3 is 2.27 bits per heavy atom. The van der Waals surface area contributed by atoms with Crippen LogP contribution in [0.5, 0.6) is 0 Å². The Kier molecular flexibility index (Phi) is 7.27. The summed E-state index contributed by atoms with van der Waals surface area (Å²) in [6, 6.07) is 4.92. The van der Waals surface area contributed by atoms with Crippen molar-refractivity contribution in [2.45, 2.75) is 57.4 Å². The zero-order valence-electron chi connectivity index (χ0n) is 16.0. The molecule has 1 amide bonds. The Morgan fingerprint density at radius 1 is 1.15 bits per heavy atom. The lowest BCUT2D eigenvalue weighted by Gasteiger charge is -2.34. The van der Waals surface area contributed by atoms with Gasteiger partial charge in [-0.2, -0.15) is 4.31 Å². The van der Waals surface area contributed by atoms with Gasteiger partial charge in [0.1, 0.15) is 0 Å². The summed E-state index contributed by atoms with van der Waals surface area (Å²) in [7, 11) is -1.77. The molecule has 146 valence electrons. The van der Waals surface area contributed by atoms with E-state index < -0.39 is 10.0 Å². The van der Waals surface area contributed by atoms with Crippen molar-refractivity contribution in [3.63, 3.8) is 0 Å². The number of halogens is 1.